The summed E-state index contributed by atoms with van der Waals surface area (Å²) < 4.78 is 24.8. The summed E-state index contributed by atoms with van der Waals surface area (Å²) in [7, 11) is -2.99. The van der Waals surface area contributed by atoms with Crippen LogP contribution in [0.5, 0.6) is 0 Å². The lowest BCUT2D eigenvalue weighted by Gasteiger charge is -2.20. The fourth-order valence-corrected chi connectivity index (χ4v) is 2.73. The molecule has 0 unspecified atom stereocenters. The van der Waals surface area contributed by atoms with Gasteiger partial charge in [0.25, 0.3) is 0 Å². The topological polar surface area (TPSA) is 63.4 Å². The van der Waals surface area contributed by atoms with E-state index in [4.69, 9.17) is 5.73 Å². The Kier molecular flexibility index (Phi) is 3.70. The van der Waals surface area contributed by atoms with Crippen molar-refractivity contribution in [3.63, 3.8) is 0 Å². The van der Waals surface area contributed by atoms with E-state index in [2.05, 4.69) is 0 Å². The van der Waals surface area contributed by atoms with Crippen molar-refractivity contribution >= 4 is 10.0 Å². The summed E-state index contributed by atoms with van der Waals surface area (Å²) in [4.78, 5) is 0. The van der Waals surface area contributed by atoms with Crippen molar-refractivity contribution in [3.05, 3.63) is 0 Å². The van der Waals surface area contributed by atoms with Gasteiger partial charge in [0, 0.05) is 12.6 Å². The van der Waals surface area contributed by atoms with Gasteiger partial charge in [0.1, 0.15) is 0 Å². The largest absolute Gasteiger partial charge is 0.330 e. The van der Waals surface area contributed by atoms with Crippen molar-refractivity contribution in [1.29, 1.82) is 0 Å². The van der Waals surface area contributed by atoms with E-state index < -0.39 is 10.0 Å². The average Bonchev–Trinajstić information content (AvgIpc) is 2.89. The van der Waals surface area contributed by atoms with E-state index in [9.17, 15) is 8.42 Å². The molecule has 1 fully saturated rings. The lowest BCUT2D eigenvalue weighted by Crippen LogP contribution is -2.35. The number of hydrogen-bond acceptors (Lipinski definition) is 3. The molecular weight excluding hydrogens is 188 g/mol. The summed E-state index contributed by atoms with van der Waals surface area (Å²) in [6, 6.07) is 0.275. The first-order valence-electron chi connectivity index (χ1n) is 4.81. The fraction of sp³-hybridized carbons (Fsp3) is 1.00. The molecule has 2 N–H and O–H groups in total. The number of nitrogens with two attached hydrogens (primary N) is 1. The Labute approximate surface area is 80.1 Å². The molecule has 1 aliphatic rings. The first-order chi connectivity index (χ1) is 6.11. The zero-order valence-electron chi connectivity index (χ0n) is 8.07. The molecule has 0 saturated heterocycles. The van der Waals surface area contributed by atoms with Crippen LogP contribution in [0.4, 0.5) is 0 Å². The van der Waals surface area contributed by atoms with E-state index in [1.54, 1.807) is 11.2 Å². The minimum atomic E-state index is -2.99. The Bertz CT molecular complexity index is 247. The van der Waals surface area contributed by atoms with Gasteiger partial charge in [-0.2, -0.15) is 4.31 Å². The maximum atomic E-state index is 11.6. The van der Waals surface area contributed by atoms with Crippen molar-refractivity contribution in [2.24, 2.45) is 5.73 Å². The number of hydrogen-bond donors (Lipinski definition) is 1. The molecule has 78 valence electrons. The molecule has 0 spiro atoms. The molecule has 0 amide bonds. The third kappa shape index (κ3) is 2.93. The monoisotopic (exact) mass is 206 g/mol. The van der Waals surface area contributed by atoms with Crippen LogP contribution in [-0.2, 0) is 10.0 Å². The van der Waals surface area contributed by atoms with Crippen molar-refractivity contribution < 1.29 is 8.42 Å². The highest BCUT2D eigenvalue weighted by Crippen LogP contribution is 2.29. The Hall–Kier alpha value is -0.130. The summed E-state index contributed by atoms with van der Waals surface area (Å²) in [6.45, 7) is 2.84. The molecular formula is C8H18N2O2S. The van der Waals surface area contributed by atoms with Gasteiger partial charge >= 0.3 is 0 Å². The second-order valence-corrected chi connectivity index (χ2v) is 5.59. The van der Waals surface area contributed by atoms with E-state index in [1.165, 1.54) is 0 Å². The molecule has 13 heavy (non-hydrogen) atoms. The van der Waals surface area contributed by atoms with Crippen LogP contribution >= 0.6 is 0 Å². The minimum absolute atomic E-state index is 0.202. The van der Waals surface area contributed by atoms with Gasteiger partial charge in [-0.25, -0.2) is 8.42 Å². The van der Waals surface area contributed by atoms with Gasteiger partial charge in [-0.15, -0.1) is 0 Å². The molecule has 0 aliphatic heterocycles. The summed E-state index contributed by atoms with van der Waals surface area (Å²) >= 11 is 0. The second-order valence-electron chi connectivity index (χ2n) is 3.38. The van der Waals surface area contributed by atoms with Gasteiger partial charge in [0.2, 0.25) is 10.0 Å². The maximum Gasteiger partial charge on any atom is 0.214 e. The number of sulfonamides is 1. The van der Waals surface area contributed by atoms with Crippen molar-refractivity contribution in [2.45, 2.75) is 32.2 Å². The highest BCUT2D eigenvalue weighted by atomic mass is 32.2. The quantitative estimate of drug-likeness (QED) is 0.673. The third-order valence-corrected chi connectivity index (χ3v) is 4.18. The Morgan fingerprint density at radius 3 is 2.46 bits per heavy atom. The van der Waals surface area contributed by atoms with Crippen LogP contribution in [0.3, 0.4) is 0 Å². The highest BCUT2D eigenvalue weighted by molar-refractivity contribution is 7.89. The van der Waals surface area contributed by atoms with Crippen LogP contribution in [0, 0.1) is 0 Å². The zero-order valence-corrected chi connectivity index (χ0v) is 8.89. The van der Waals surface area contributed by atoms with E-state index >= 15 is 0 Å². The van der Waals surface area contributed by atoms with Crippen LogP contribution in [0.2, 0.25) is 0 Å². The van der Waals surface area contributed by atoms with Gasteiger partial charge in [-0.1, -0.05) is 0 Å². The Morgan fingerprint density at radius 1 is 1.46 bits per heavy atom. The predicted octanol–water partition coefficient (Wildman–Crippen LogP) is 0.149. The lowest BCUT2D eigenvalue weighted by atomic mass is 10.4. The SMILES string of the molecule is CCS(=O)(=O)N(CCCN)C1CC1. The molecule has 4 nitrogen and oxygen atoms in total. The third-order valence-electron chi connectivity index (χ3n) is 2.26. The van der Waals surface area contributed by atoms with E-state index in [1.807, 2.05) is 0 Å². The van der Waals surface area contributed by atoms with Gasteiger partial charge in [0.15, 0.2) is 0 Å². The highest BCUT2D eigenvalue weighted by Gasteiger charge is 2.35. The summed E-state index contributed by atoms with van der Waals surface area (Å²) in [5.41, 5.74) is 5.36. The standard InChI is InChI=1S/C8H18N2O2S/c1-2-13(11,12)10(7-3-6-9)8-4-5-8/h8H,2-7,9H2,1H3. The average molecular weight is 206 g/mol. The van der Waals surface area contributed by atoms with Crippen LogP contribution in [0.1, 0.15) is 26.2 Å². The van der Waals surface area contributed by atoms with E-state index in [-0.39, 0.29) is 11.8 Å². The summed E-state index contributed by atoms with van der Waals surface area (Å²) in [5.74, 6) is 0.202. The first-order valence-corrected chi connectivity index (χ1v) is 6.42. The predicted molar refractivity (Wildman–Crippen MR) is 52.9 cm³/mol. The van der Waals surface area contributed by atoms with Crippen molar-refractivity contribution in [3.8, 4) is 0 Å². The maximum absolute atomic E-state index is 11.6. The van der Waals surface area contributed by atoms with Gasteiger partial charge in [0.05, 0.1) is 5.75 Å². The fourth-order valence-electron chi connectivity index (χ4n) is 1.32. The van der Waals surface area contributed by atoms with E-state index in [0.29, 0.717) is 13.1 Å². The van der Waals surface area contributed by atoms with E-state index in [0.717, 1.165) is 19.3 Å². The minimum Gasteiger partial charge on any atom is -0.330 e. The first kappa shape index (κ1) is 10.9. The molecule has 1 saturated carbocycles. The Balaban J connectivity index is 2.56. The molecule has 0 atom stereocenters. The zero-order chi connectivity index (χ0) is 9.90. The van der Waals surface area contributed by atoms with Crippen molar-refractivity contribution in [1.82, 2.24) is 4.31 Å². The smallest absolute Gasteiger partial charge is 0.214 e. The molecule has 0 radical (unpaired) electrons. The molecule has 1 aliphatic carbocycles. The van der Waals surface area contributed by atoms with Crippen LogP contribution < -0.4 is 5.73 Å². The molecule has 0 bridgehead atoms. The normalized spacial score (nSPS) is 18.1. The number of nitrogens with zero attached hydrogens (tertiary/aromatic N) is 1. The van der Waals surface area contributed by atoms with Crippen molar-refractivity contribution in [2.75, 3.05) is 18.8 Å². The number of rotatable bonds is 6. The molecule has 1 rings (SSSR count). The Morgan fingerprint density at radius 2 is 2.08 bits per heavy atom. The summed E-state index contributed by atoms with van der Waals surface area (Å²) in [6.07, 6.45) is 2.79. The molecule has 5 heteroatoms. The molecule has 0 aromatic rings. The van der Waals surface area contributed by atoms with Gasteiger partial charge in [-0.3, -0.25) is 0 Å². The molecule has 0 aromatic carbocycles. The molecule has 0 heterocycles. The van der Waals surface area contributed by atoms with Gasteiger partial charge < -0.3 is 5.73 Å². The lowest BCUT2D eigenvalue weighted by molar-refractivity contribution is 0.400. The van der Waals surface area contributed by atoms with Crippen LogP contribution in [-0.4, -0.2) is 37.6 Å². The van der Waals surface area contributed by atoms with Crippen LogP contribution in [0.25, 0.3) is 0 Å². The molecule has 0 aromatic heterocycles. The van der Waals surface area contributed by atoms with Gasteiger partial charge in [-0.05, 0) is 32.7 Å². The summed E-state index contributed by atoms with van der Waals surface area (Å²) in [5, 5.41) is 0. The second kappa shape index (κ2) is 4.39. The van der Waals surface area contributed by atoms with Crippen LogP contribution in [0.15, 0.2) is 0 Å².